The average Bonchev–Trinajstić information content (AvgIpc) is 2.86. The van der Waals surface area contributed by atoms with Gasteiger partial charge in [-0.25, -0.2) is 0 Å². The van der Waals surface area contributed by atoms with Crippen LogP contribution in [0.15, 0.2) is 54.6 Å². The van der Waals surface area contributed by atoms with Crippen molar-refractivity contribution in [3.8, 4) is 0 Å². The van der Waals surface area contributed by atoms with E-state index < -0.39 is 5.38 Å². The number of alkyl halides is 1. The third kappa shape index (κ3) is 3.29. The van der Waals surface area contributed by atoms with Gasteiger partial charge in [0.25, 0.3) is 5.91 Å². The summed E-state index contributed by atoms with van der Waals surface area (Å²) in [5.41, 5.74) is 2.70. The minimum Gasteiger partial charge on any atom is -0.352 e. The molecule has 1 heterocycles. The molecule has 0 saturated carbocycles. The van der Waals surface area contributed by atoms with Crippen LogP contribution in [0.4, 0.5) is 0 Å². The number of benzene rings is 2. The molecule has 0 bridgehead atoms. The van der Waals surface area contributed by atoms with Crippen LogP contribution >= 0.6 is 11.6 Å². The molecule has 5 heteroatoms. The Morgan fingerprint density at radius 1 is 1.17 bits per heavy atom. The van der Waals surface area contributed by atoms with Gasteiger partial charge < -0.3 is 10.2 Å². The first-order valence-corrected chi connectivity index (χ1v) is 8.37. The molecule has 124 valence electrons. The molecule has 4 nitrogen and oxygen atoms in total. The van der Waals surface area contributed by atoms with Gasteiger partial charge in [-0.05, 0) is 24.1 Å². The molecule has 1 aliphatic rings. The quantitative estimate of drug-likeness (QED) is 0.849. The molecule has 0 fully saturated rings. The highest BCUT2D eigenvalue weighted by Gasteiger charge is 2.36. The van der Waals surface area contributed by atoms with Gasteiger partial charge in [-0.3, -0.25) is 9.59 Å². The lowest BCUT2D eigenvalue weighted by molar-refractivity contribution is -0.120. The van der Waals surface area contributed by atoms with Crippen LogP contribution in [0.3, 0.4) is 0 Å². The van der Waals surface area contributed by atoms with E-state index in [9.17, 15) is 9.59 Å². The number of carbonyl (C=O) groups is 2. The molecule has 0 aliphatic carbocycles. The van der Waals surface area contributed by atoms with Crippen LogP contribution in [-0.2, 0) is 11.3 Å². The molecule has 2 atom stereocenters. The second-order valence-electron chi connectivity index (χ2n) is 5.88. The summed E-state index contributed by atoms with van der Waals surface area (Å²) in [4.78, 5) is 26.4. The lowest BCUT2D eigenvalue weighted by Gasteiger charge is -2.26. The first kappa shape index (κ1) is 16.5. The lowest BCUT2D eigenvalue weighted by atomic mass is 10.0. The van der Waals surface area contributed by atoms with Crippen LogP contribution in [-0.4, -0.2) is 28.6 Å². The Morgan fingerprint density at radius 3 is 2.54 bits per heavy atom. The van der Waals surface area contributed by atoms with Crippen molar-refractivity contribution in [3.63, 3.8) is 0 Å². The normalized spacial score (nSPS) is 17.5. The van der Waals surface area contributed by atoms with Crippen LogP contribution in [0.2, 0.25) is 0 Å². The number of halogens is 1. The molecule has 0 aromatic heterocycles. The predicted molar refractivity (Wildman–Crippen MR) is 93.8 cm³/mol. The summed E-state index contributed by atoms with van der Waals surface area (Å²) in [7, 11) is 0. The van der Waals surface area contributed by atoms with Gasteiger partial charge in [0.2, 0.25) is 5.91 Å². The van der Waals surface area contributed by atoms with Crippen molar-refractivity contribution < 1.29 is 9.59 Å². The fraction of sp³-hybridized carbons (Fsp3) is 0.263. The van der Waals surface area contributed by atoms with E-state index in [-0.39, 0.29) is 17.9 Å². The van der Waals surface area contributed by atoms with Crippen molar-refractivity contribution in [1.29, 1.82) is 0 Å². The molecule has 1 aliphatic heterocycles. The summed E-state index contributed by atoms with van der Waals surface area (Å²) in [6.45, 7) is 2.49. The molecule has 2 aromatic rings. The molecule has 0 spiro atoms. The second kappa shape index (κ2) is 7.05. The second-order valence-corrected chi connectivity index (χ2v) is 6.54. The zero-order valence-corrected chi connectivity index (χ0v) is 14.2. The van der Waals surface area contributed by atoms with Gasteiger partial charge in [-0.15, -0.1) is 11.6 Å². The molecular formula is C19H19ClN2O2. The van der Waals surface area contributed by atoms with E-state index in [1.54, 1.807) is 11.8 Å². The highest BCUT2D eigenvalue weighted by Crippen LogP contribution is 2.34. The smallest absolute Gasteiger partial charge is 0.255 e. The fourth-order valence-electron chi connectivity index (χ4n) is 2.97. The lowest BCUT2D eigenvalue weighted by Crippen LogP contribution is -2.38. The van der Waals surface area contributed by atoms with Crippen molar-refractivity contribution in [1.82, 2.24) is 10.2 Å². The summed E-state index contributed by atoms with van der Waals surface area (Å²) in [5.74, 6) is -0.235. The summed E-state index contributed by atoms with van der Waals surface area (Å²) in [5, 5.41) is 2.24. The SMILES string of the molecule is CC(Cl)C(=O)NCC1c2ccccc2C(=O)N1Cc1ccccc1. The van der Waals surface area contributed by atoms with Crippen LogP contribution in [0.5, 0.6) is 0 Å². The largest absolute Gasteiger partial charge is 0.352 e. The van der Waals surface area contributed by atoms with E-state index in [4.69, 9.17) is 11.6 Å². The molecule has 2 aromatic carbocycles. The number of rotatable bonds is 5. The van der Waals surface area contributed by atoms with Crippen molar-refractivity contribution in [2.75, 3.05) is 6.54 Å². The van der Waals surface area contributed by atoms with Crippen molar-refractivity contribution in [3.05, 3.63) is 71.3 Å². The number of hydrogen-bond donors (Lipinski definition) is 1. The Balaban J connectivity index is 1.85. The van der Waals surface area contributed by atoms with Gasteiger partial charge in [0.05, 0.1) is 6.04 Å². The summed E-state index contributed by atoms with van der Waals surface area (Å²) >= 11 is 5.82. The Kier molecular flexibility index (Phi) is 4.86. The van der Waals surface area contributed by atoms with E-state index >= 15 is 0 Å². The molecule has 2 amide bonds. The van der Waals surface area contributed by atoms with Crippen LogP contribution in [0.25, 0.3) is 0 Å². The van der Waals surface area contributed by atoms with E-state index in [2.05, 4.69) is 5.32 Å². The Labute approximate surface area is 146 Å². The topological polar surface area (TPSA) is 49.4 Å². The van der Waals surface area contributed by atoms with Gasteiger partial charge in [0, 0.05) is 18.7 Å². The molecule has 0 saturated heterocycles. The summed E-state index contributed by atoms with van der Waals surface area (Å²) < 4.78 is 0. The van der Waals surface area contributed by atoms with E-state index in [1.807, 2.05) is 54.6 Å². The van der Waals surface area contributed by atoms with Crippen molar-refractivity contribution >= 4 is 23.4 Å². The zero-order valence-electron chi connectivity index (χ0n) is 13.4. The maximum atomic E-state index is 12.8. The number of amides is 2. The Morgan fingerprint density at radius 2 is 1.83 bits per heavy atom. The fourth-order valence-corrected chi connectivity index (χ4v) is 3.04. The van der Waals surface area contributed by atoms with Crippen LogP contribution < -0.4 is 5.32 Å². The number of nitrogens with zero attached hydrogens (tertiary/aromatic N) is 1. The molecular weight excluding hydrogens is 324 g/mol. The average molecular weight is 343 g/mol. The molecule has 24 heavy (non-hydrogen) atoms. The van der Waals surface area contributed by atoms with Gasteiger partial charge >= 0.3 is 0 Å². The van der Waals surface area contributed by atoms with E-state index in [0.717, 1.165) is 11.1 Å². The predicted octanol–water partition coefficient (Wildman–Crippen LogP) is 3.13. The molecule has 0 radical (unpaired) electrons. The Hall–Kier alpha value is -2.33. The number of fused-ring (bicyclic) bond motifs is 1. The van der Waals surface area contributed by atoms with Gasteiger partial charge in [0.1, 0.15) is 5.38 Å². The third-order valence-corrected chi connectivity index (χ3v) is 4.41. The highest BCUT2D eigenvalue weighted by atomic mass is 35.5. The van der Waals surface area contributed by atoms with Crippen molar-refractivity contribution in [2.45, 2.75) is 24.9 Å². The standard InChI is InChI=1S/C19H19ClN2O2/c1-13(20)18(23)21-11-17-15-9-5-6-10-16(15)19(24)22(17)12-14-7-3-2-4-8-14/h2-10,13,17H,11-12H2,1H3,(H,21,23). The van der Waals surface area contributed by atoms with Crippen LogP contribution in [0, 0.1) is 0 Å². The number of hydrogen-bond acceptors (Lipinski definition) is 2. The first-order chi connectivity index (χ1) is 11.6. The first-order valence-electron chi connectivity index (χ1n) is 7.93. The van der Waals surface area contributed by atoms with Crippen LogP contribution in [0.1, 0.15) is 34.5 Å². The number of nitrogens with one attached hydrogen (secondary N) is 1. The monoisotopic (exact) mass is 342 g/mol. The minimum absolute atomic E-state index is 0.00683. The van der Waals surface area contributed by atoms with E-state index in [1.165, 1.54) is 0 Å². The number of carbonyl (C=O) groups excluding carboxylic acids is 2. The molecule has 3 rings (SSSR count). The third-order valence-electron chi connectivity index (χ3n) is 4.21. The van der Waals surface area contributed by atoms with E-state index in [0.29, 0.717) is 18.7 Å². The van der Waals surface area contributed by atoms with Gasteiger partial charge in [-0.2, -0.15) is 0 Å². The van der Waals surface area contributed by atoms with Gasteiger partial charge in [-0.1, -0.05) is 48.5 Å². The maximum absolute atomic E-state index is 12.8. The van der Waals surface area contributed by atoms with Crippen molar-refractivity contribution in [2.24, 2.45) is 0 Å². The zero-order chi connectivity index (χ0) is 17.1. The summed E-state index contributed by atoms with van der Waals surface area (Å²) in [6.07, 6.45) is 0. The minimum atomic E-state index is -0.597. The highest BCUT2D eigenvalue weighted by molar-refractivity contribution is 6.30. The van der Waals surface area contributed by atoms with Gasteiger partial charge in [0.15, 0.2) is 0 Å². The maximum Gasteiger partial charge on any atom is 0.255 e. The summed E-state index contributed by atoms with van der Waals surface area (Å²) in [6, 6.07) is 17.2. The Bertz CT molecular complexity index is 746. The molecule has 1 N–H and O–H groups in total. The molecule has 2 unspecified atom stereocenters.